The predicted molar refractivity (Wildman–Crippen MR) is 133 cm³/mol. The van der Waals surface area contributed by atoms with Crippen molar-refractivity contribution in [3.63, 3.8) is 0 Å². The van der Waals surface area contributed by atoms with Crippen molar-refractivity contribution in [3.05, 3.63) is 45.6 Å². The molecule has 28 heavy (non-hydrogen) atoms. The van der Waals surface area contributed by atoms with E-state index >= 15 is 0 Å². The molecule has 0 saturated carbocycles. The average Bonchev–Trinajstić information content (AvgIpc) is 2.68. The van der Waals surface area contributed by atoms with Gasteiger partial charge in [0.15, 0.2) is 0 Å². The Labute approximate surface area is 180 Å². The van der Waals surface area contributed by atoms with Gasteiger partial charge < -0.3 is 0 Å². The topological polar surface area (TPSA) is 20.2 Å². The molecule has 0 aromatic heterocycles. The van der Waals surface area contributed by atoms with Gasteiger partial charge in [0.2, 0.25) is 0 Å². The number of aliphatic hydroxyl groups excluding tert-OH is 1. The molecular formula is C25H46OSiSn. The Kier molecular flexibility index (Phi) is 12.3. The molecule has 1 rings (SSSR count). The Morgan fingerprint density at radius 1 is 0.893 bits per heavy atom. The van der Waals surface area contributed by atoms with Gasteiger partial charge in [0.25, 0.3) is 0 Å². The fourth-order valence-electron chi connectivity index (χ4n) is 4.20. The van der Waals surface area contributed by atoms with E-state index in [4.69, 9.17) is 0 Å². The summed E-state index contributed by atoms with van der Waals surface area (Å²) in [5.41, 5.74) is 1.11. The van der Waals surface area contributed by atoms with Gasteiger partial charge in [-0.1, -0.05) is 0 Å². The first-order valence-electron chi connectivity index (χ1n) is 11.7. The predicted octanol–water partition coefficient (Wildman–Crippen LogP) is 8.37. The van der Waals surface area contributed by atoms with E-state index in [2.05, 4.69) is 76.8 Å². The first kappa shape index (κ1) is 26.0. The molecule has 0 aliphatic carbocycles. The van der Waals surface area contributed by atoms with Gasteiger partial charge in [-0.2, -0.15) is 0 Å². The summed E-state index contributed by atoms with van der Waals surface area (Å²) in [4.78, 5) is 0. The third-order valence-corrected chi connectivity index (χ3v) is 23.5. The first-order valence-corrected chi connectivity index (χ1v) is 22.9. The van der Waals surface area contributed by atoms with E-state index < -0.39 is 26.5 Å². The molecule has 0 aliphatic heterocycles. The molecule has 0 amide bonds. The average molecular weight is 509 g/mol. The van der Waals surface area contributed by atoms with Crippen molar-refractivity contribution in [2.45, 2.75) is 104 Å². The molecule has 1 aromatic carbocycles. The SMILES string of the molecule is CCC[CH2][Sn]([CH2]CCC)([CH2]CCC)/[C](=C\C[Si](C)(C)C)C(O)c1ccccc1. The number of aliphatic hydroxyl groups is 1. The molecule has 160 valence electrons. The maximum absolute atomic E-state index is 11.6. The van der Waals surface area contributed by atoms with Crippen molar-refractivity contribution in [1.29, 1.82) is 0 Å². The molecule has 1 aromatic rings. The first-order chi connectivity index (χ1) is 13.3. The molecule has 0 heterocycles. The van der Waals surface area contributed by atoms with E-state index in [9.17, 15) is 5.11 Å². The minimum atomic E-state index is -2.65. The van der Waals surface area contributed by atoms with Gasteiger partial charge in [-0.05, 0) is 0 Å². The van der Waals surface area contributed by atoms with Crippen LogP contribution in [0.4, 0.5) is 0 Å². The van der Waals surface area contributed by atoms with Crippen molar-refractivity contribution in [3.8, 4) is 0 Å². The van der Waals surface area contributed by atoms with E-state index in [1.807, 2.05) is 0 Å². The number of benzene rings is 1. The molecule has 0 spiro atoms. The van der Waals surface area contributed by atoms with E-state index in [1.54, 1.807) is 3.59 Å². The van der Waals surface area contributed by atoms with Gasteiger partial charge in [0.1, 0.15) is 0 Å². The van der Waals surface area contributed by atoms with E-state index in [0.29, 0.717) is 0 Å². The molecule has 1 atom stereocenters. The van der Waals surface area contributed by atoms with Gasteiger partial charge in [0, 0.05) is 0 Å². The fraction of sp³-hybridized carbons (Fsp3) is 0.680. The van der Waals surface area contributed by atoms with Gasteiger partial charge in [-0.15, -0.1) is 0 Å². The molecular weight excluding hydrogens is 463 g/mol. The zero-order valence-electron chi connectivity index (χ0n) is 19.6. The Balaban J connectivity index is 3.44. The number of allylic oxidation sites excluding steroid dienone is 1. The van der Waals surface area contributed by atoms with Crippen LogP contribution in [0.1, 0.15) is 71.0 Å². The van der Waals surface area contributed by atoms with Crippen LogP contribution < -0.4 is 0 Å². The van der Waals surface area contributed by atoms with E-state index in [-0.39, 0.29) is 6.10 Å². The van der Waals surface area contributed by atoms with Crippen LogP contribution in [0, 0.1) is 0 Å². The maximum atomic E-state index is 11.6. The summed E-state index contributed by atoms with van der Waals surface area (Å²) < 4.78 is 5.81. The van der Waals surface area contributed by atoms with Crippen LogP contribution in [-0.4, -0.2) is 31.6 Å². The summed E-state index contributed by atoms with van der Waals surface area (Å²) in [5.74, 6) is 0. The van der Waals surface area contributed by atoms with Gasteiger partial charge >= 0.3 is 182 Å². The number of rotatable bonds is 14. The van der Waals surface area contributed by atoms with Crippen LogP contribution in [0.25, 0.3) is 0 Å². The zero-order chi connectivity index (χ0) is 21.0. The van der Waals surface area contributed by atoms with Crippen LogP contribution in [0.2, 0.25) is 39.0 Å². The van der Waals surface area contributed by atoms with Gasteiger partial charge in [-0.3, -0.25) is 0 Å². The third-order valence-electron chi connectivity index (χ3n) is 5.98. The molecule has 0 aliphatic rings. The molecule has 0 radical (unpaired) electrons. The molecule has 1 nitrogen and oxygen atoms in total. The summed E-state index contributed by atoms with van der Waals surface area (Å²) in [6, 6.07) is 11.7. The van der Waals surface area contributed by atoms with Crippen LogP contribution in [0.5, 0.6) is 0 Å². The second kappa shape index (κ2) is 13.3. The molecule has 0 bridgehead atoms. The summed E-state index contributed by atoms with van der Waals surface area (Å²) in [6.45, 7) is 14.4. The van der Waals surface area contributed by atoms with E-state index in [1.165, 1.54) is 57.9 Å². The van der Waals surface area contributed by atoms with Crippen molar-refractivity contribution in [2.24, 2.45) is 0 Å². The summed E-state index contributed by atoms with van der Waals surface area (Å²) in [5, 5.41) is 11.6. The van der Waals surface area contributed by atoms with Crippen molar-refractivity contribution < 1.29 is 5.11 Å². The Hall–Kier alpha value is -0.0644. The number of unbranched alkanes of at least 4 members (excludes halogenated alkanes) is 3. The molecule has 0 saturated heterocycles. The molecule has 3 heteroatoms. The van der Waals surface area contributed by atoms with Gasteiger partial charge in [-0.25, -0.2) is 0 Å². The van der Waals surface area contributed by atoms with Crippen molar-refractivity contribution in [2.75, 3.05) is 0 Å². The monoisotopic (exact) mass is 510 g/mol. The summed E-state index contributed by atoms with van der Waals surface area (Å²) in [7, 11) is -1.19. The zero-order valence-corrected chi connectivity index (χ0v) is 23.4. The van der Waals surface area contributed by atoms with Crippen LogP contribution in [0.15, 0.2) is 40.0 Å². The minimum absolute atomic E-state index is 0.376. The summed E-state index contributed by atoms with van der Waals surface area (Å²) >= 11 is -2.65. The normalized spacial score (nSPS) is 14.3. The Morgan fingerprint density at radius 3 is 1.75 bits per heavy atom. The van der Waals surface area contributed by atoms with Gasteiger partial charge in [0.05, 0.1) is 0 Å². The van der Waals surface area contributed by atoms with Crippen LogP contribution in [-0.2, 0) is 0 Å². The second-order valence-electron chi connectivity index (χ2n) is 9.83. The molecule has 0 fully saturated rings. The van der Waals surface area contributed by atoms with Crippen molar-refractivity contribution >= 4 is 26.5 Å². The fourth-order valence-corrected chi connectivity index (χ4v) is 22.7. The Morgan fingerprint density at radius 2 is 1.36 bits per heavy atom. The second-order valence-corrected chi connectivity index (χ2v) is 28.6. The molecule has 1 N–H and O–H groups in total. The Bertz CT molecular complexity index is 540. The van der Waals surface area contributed by atoms with Crippen LogP contribution in [0.3, 0.4) is 0 Å². The van der Waals surface area contributed by atoms with E-state index in [0.717, 1.165) is 5.56 Å². The number of hydrogen-bond donors (Lipinski definition) is 1. The standard InChI is InChI=1S/C13H19OSi.3C4H9.Sn/c1-15(2,3)11-7-10-13(14)12-8-5-4-6-9-12;3*1-3-4-2;/h4-9,13-14H,11H2,1-3H3;3*1,3-4H2,2H3;. The van der Waals surface area contributed by atoms with Crippen molar-refractivity contribution in [1.82, 2.24) is 0 Å². The molecule has 1 unspecified atom stereocenters. The number of hydrogen-bond acceptors (Lipinski definition) is 1. The van der Waals surface area contributed by atoms with Crippen LogP contribution >= 0.6 is 0 Å². The third kappa shape index (κ3) is 8.75. The quantitative estimate of drug-likeness (QED) is 0.250. The summed E-state index contributed by atoms with van der Waals surface area (Å²) in [6.07, 6.45) is 10.1.